The summed E-state index contributed by atoms with van der Waals surface area (Å²) in [6.07, 6.45) is 6.96. The van der Waals surface area contributed by atoms with Gasteiger partial charge in [-0.1, -0.05) is 50.5 Å². The Morgan fingerprint density at radius 1 is 1.22 bits per heavy atom. The lowest BCUT2D eigenvalue weighted by atomic mass is 9.94. The van der Waals surface area contributed by atoms with Gasteiger partial charge in [0, 0.05) is 12.1 Å². The molecule has 0 aromatic heterocycles. The van der Waals surface area contributed by atoms with Crippen LogP contribution in [0.15, 0.2) is 36.9 Å². The van der Waals surface area contributed by atoms with Crippen LogP contribution in [-0.4, -0.2) is 60.6 Å². The van der Waals surface area contributed by atoms with Gasteiger partial charge in [0.15, 0.2) is 0 Å². The number of esters is 1. The van der Waals surface area contributed by atoms with Crippen molar-refractivity contribution < 1.29 is 28.7 Å². The maximum atomic E-state index is 13.9. The van der Waals surface area contributed by atoms with Crippen molar-refractivity contribution in [1.29, 1.82) is 0 Å². The standard InChI is InChI=1S/C27H37N3O6/c1-9-16-30(25(33)22(18(4)10-2)29-26(34)36-27(5,6)7)23(24(32)28-17-21(31)35-8)20-15-13-12-14-19(20)11-3/h3,9,12-15,18,22-23H,1,10,16-17H2,2,4-8H3,(H,28,32)(H,29,34). The minimum Gasteiger partial charge on any atom is -0.468 e. The summed E-state index contributed by atoms with van der Waals surface area (Å²) >= 11 is 0. The highest BCUT2D eigenvalue weighted by atomic mass is 16.6. The van der Waals surface area contributed by atoms with Crippen molar-refractivity contribution in [3.05, 3.63) is 48.0 Å². The zero-order valence-corrected chi connectivity index (χ0v) is 21.9. The van der Waals surface area contributed by atoms with E-state index < -0.39 is 48.1 Å². The molecule has 9 nitrogen and oxygen atoms in total. The molecule has 0 aliphatic carbocycles. The van der Waals surface area contributed by atoms with E-state index in [2.05, 4.69) is 27.9 Å². The maximum absolute atomic E-state index is 13.9. The fraction of sp³-hybridized carbons (Fsp3) is 0.481. The van der Waals surface area contributed by atoms with Gasteiger partial charge in [-0.2, -0.15) is 0 Å². The molecule has 3 atom stereocenters. The van der Waals surface area contributed by atoms with Gasteiger partial charge in [-0.3, -0.25) is 14.4 Å². The molecule has 3 unspecified atom stereocenters. The number of terminal acetylenes is 1. The summed E-state index contributed by atoms with van der Waals surface area (Å²) in [4.78, 5) is 52.9. The van der Waals surface area contributed by atoms with Crippen LogP contribution in [0.2, 0.25) is 0 Å². The molecule has 0 aliphatic heterocycles. The number of rotatable bonds is 11. The molecule has 0 bridgehead atoms. The Balaban J connectivity index is 3.55. The number of alkyl carbamates (subject to hydrolysis) is 1. The van der Waals surface area contributed by atoms with Crippen LogP contribution in [0.5, 0.6) is 0 Å². The summed E-state index contributed by atoms with van der Waals surface area (Å²) in [7, 11) is 1.20. The topological polar surface area (TPSA) is 114 Å². The second-order valence-electron chi connectivity index (χ2n) is 9.22. The van der Waals surface area contributed by atoms with Gasteiger partial charge in [-0.05, 0) is 38.3 Å². The fourth-order valence-electron chi connectivity index (χ4n) is 3.40. The minimum absolute atomic E-state index is 0.0308. The van der Waals surface area contributed by atoms with Crippen LogP contribution in [0.3, 0.4) is 0 Å². The van der Waals surface area contributed by atoms with Crippen molar-refractivity contribution in [3.63, 3.8) is 0 Å². The molecule has 3 amide bonds. The van der Waals surface area contributed by atoms with E-state index in [0.717, 1.165) is 0 Å². The molecule has 1 aromatic carbocycles. The molecule has 36 heavy (non-hydrogen) atoms. The van der Waals surface area contributed by atoms with Crippen molar-refractivity contribution in [2.24, 2.45) is 5.92 Å². The van der Waals surface area contributed by atoms with E-state index in [9.17, 15) is 19.2 Å². The molecule has 0 spiro atoms. The number of hydrogen-bond donors (Lipinski definition) is 2. The van der Waals surface area contributed by atoms with E-state index in [4.69, 9.17) is 11.2 Å². The number of benzene rings is 1. The van der Waals surface area contributed by atoms with Gasteiger partial charge < -0.3 is 25.0 Å². The average Bonchev–Trinajstić information content (AvgIpc) is 2.83. The molecule has 1 rings (SSSR count). The highest BCUT2D eigenvalue weighted by Gasteiger charge is 2.38. The number of ether oxygens (including phenoxy) is 2. The van der Waals surface area contributed by atoms with E-state index in [-0.39, 0.29) is 12.5 Å². The summed E-state index contributed by atoms with van der Waals surface area (Å²) in [5.74, 6) is 0.424. The number of carbonyl (C=O) groups is 4. The maximum Gasteiger partial charge on any atom is 0.408 e. The first kappa shape index (κ1) is 30.2. The third-order valence-electron chi connectivity index (χ3n) is 5.37. The van der Waals surface area contributed by atoms with Crippen molar-refractivity contribution in [2.45, 2.75) is 58.7 Å². The van der Waals surface area contributed by atoms with Gasteiger partial charge >= 0.3 is 12.1 Å². The molecule has 0 fully saturated rings. The van der Waals surface area contributed by atoms with E-state index in [1.54, 1.807) is 45.0 Å². The van der Waals surface area contributed by atoms with Crippen LogP contribution >= 0.6 is 0 Å². The predicted molar refractivity (Wildman–Crippen MR) is 137 cm³/mol. The SMILES string of the molecule is C#Cc1ccccc1C(C(=O)NCC(=O)OC)N(CC=C)C(=O)C(NC(=O)OC(C)(C)C)C(C)CC. The third-order valence-corrected chi connectivity index (χ3v) is 5.37. The Kier molecular flexibility index (Phi) is 11.7. The monoisotopic (exact) mass is 499 g/mol. The number of nitrogens with zero attached hydrogens (tertiary/aromatic N) is 1. The Labute approximate surface area is 213 Å². The average molecular weight is 500 g/mol. The molecule has 0 radical (unpaired) electrons. The molecule has 0 heterocycles. The lowest BCUT2D eigenvalue weighted by molar-refractivity contribution is -0.144. The fourth-order valence-corrected chi connectivity index (χ4v) is 3.40. The number of methoxy groups -OCH3 is 1. The summed E-state index contributed by atoms with van der Waals surface area (Å²) in [6.45, 7) is 12.1. The zero-order valence-electron chi connectivity index (χ0n) is 21.9. The van der Waals surface area contributed by atoms with Gasteiger partial charge in [-0.15, -0.1) is 13.0 Å². The summed E-state index contributed by atoms with van der Waals surface area (Å²) in [5, 5.41) is 5.17. The van der Waals surface area contributed by atoms with Crippen LogP contribution in [0.1, 0.15) is 58.2 Å². The van der Waals surface area contributed by atoms with Gasteiger partial charge in [0.25, 0.3) is 0 Å². The summed E-state index contributed by atoms with van der Waals surface area (Å²) in [5.41, 5.74) is 0.0196. The van der Waals surface area contributed by atoms with Gasteiger partial charge in [-0.25, -0.2) is 4.79 Å². The normalized spacial score (nSPS) is 13.2. The van der Waals surface area contributed by atoms with E-state index in [1.165, 1.54) is 18.1 Å². The summed E-state index contributed by atoms with van der Waals surface area (Å²) in [6, 6.07) is 4.49. The van der Waals surface area contributed by atoms with Crippen LogP contribution in [0, 0.1) is 18.3 Å². The smallest absolute Gasteiger partial charge is 0.408 e. The molecule has 2 N–H and O–H groups in total. The van der Waals surface area contributed by atoms with Crippen molar-refractivity contribution in [1.82, 2.24) is 15.5 Å². The van der Waals surface area contributed by atoms with Gasteiger partial charge in [0.1, 0.15) is 24.2 Å². The highest BCUT2D eigenvalue weighted by Crippen LogP contribution is 2.27. The number of nitrogens with one attached hydrogen (secondary N) is 2. The molecule has 9 heteroatoms. The third kappa shape index (κ3) is 8.77. The van der Waals surface area contributed by atoms with Gasteiger partial charge in [0.2, 0.25) is 11.8 Å². The first-order valence-corrected chi connectivity index (χ1v) is 11.7. The number of amides is 3. The molecule has 1 aromatic rings. The molecular weight excluding hydrogens is 462 g/mol. The molecule has 196 valence electrons. The largest absolute Gasteiger partial charge is 0.468 e. The van der Waals surface area contributed by atoms with Crippen LogP contribution in [0.4, 0.5) is 4.79 Å². The van der Waals surface area contributed by atoms with E-state index in [0.29, 0.717) is 17.5 Å². The molecule has 0 saturated carbocycles. The predicted octanol–water partition coefficient (Wildman–Crippen LogP) is 2.95. The number of carbonyl (C=O) groups excluding carboxylic acids is 4. The quantitative estimate of drug-likeness (QED) is 0.275. The first-order chi connectivity index (χ1) is 16.9. The zero-order chi connectivity index (χ0) is 27.5. The van der Waals surface area contributed by atoms with Crippen LogP contribution in [0.25, 0.3) is 0 Å². The minimum atomic E-state index is -1.21. The van der Waals surface area contributed by atoms with Crippen molar-refractivity contribution in [2.75, 3.05) is 20.2 Å². The molecule has 0 aliphatic rings. The summed E-state index contributed by atoms with van der Waals surface area (Å²) < 4.78 is 9.97. The highest BCUT2D eigenvalue weighted by molar-refractivity contribution is 5.93. The van der Waals surface area contributed by atoms with Crippen LogP contribution < -0.4 is 10.6 Å². The second-order valence-corrected chi connectivity index (χ2v) is 9.22. The Morgan fingerprint density at radius 2 is 1.86 bits per heavy atom. The molecular formula is C27H37N3O6. The van der Waals surface area contributed by atoms with Crippen LogP contribution in [-0.2, 0) is 23.9 Å². The Bertz CT molecular complexity index is 992. The van der Waals surface area contributed by atoms with Gasteiger partial charge in [0.05, 0.1) is 7.11 Å². The lowest BCUT2D eigenvalue weighted by Crippen LogP contribution is -2.55. The lowest BCUT2D eigenvalue weighted by Gasteiger charge is -2.35. The Hall–Kier alpha value is -3.80. The number of hydrogen-bond acceptors (Lipinski definition) is 6. The van der Waals surface area contributed by atoms with Crippen molar-refractivity contribution in [3.8, 4) is 12.3 Å². The van der Waals surface area contributed by atoms with E-state index in [1.807, 2.05) is 13.8 Å². The Morgan fingerprint density at radius 3 is 2.39 bits per heavy atom. The van der Waals surface area contributed by atoms with E-state index >= 15 is 0 Å². The second kappa shape index (κ2) is 13.9. The first-order valence-electron chi connectivity index (χ1n) is 11.7. The molecule has 0 saturated heterocycles. The van der Waals surface area contributed by atoms with Crippen molar-refractivity contribution >= 4 is 23.9 Å².